The first-order valence-corrected chi connectivity index (χ1v) is 5.81. The summed E-state index contributed by atoms with van der Waals surface area (Å²) in [7, 11) is 0. The van der Waals surface area contributed by atoms with Gasteiger partial charge in [-0.2, -0.15) is 0 Å². The molecule has 0 unspecified atom stereocenters. The molecule has 0 atom stereocenters. The fraction of sp³-hybridized carbons (Fsp3) is 0.846. The van der Waals surface area contributed by atoms with Crippen LogP contribution in [0.2, 0.25) is 0 Å². The Morgan fingerprint density at radius 3 is 2.40 bits per heavy atom. The maximum atomic E-state index is 11.7. The van der Waals surface area contributed by atoms with Gasteiger partial charge in [-0.3, -0.25) is 4.79 Å². The zero-order valence-electron chi connectivity index (χ0n) is 8.84. The van der Waals surface area contributed by atoms with E-state index in [1.165, 1.54) is 19.3 Å². The van der Waals surface area contributed by atoms with Crippen molar-refractivity contribution in [2.75, 3.05) is 0 Å². The van der Waals surface area contributed by atoms with E-state index in [0.717, 1.165) is 32.0 Å². The van der Waals surface area contributed by atoms with Crippen LogP contribution in [0.4, 0.5) is 0 Å². The summed E-state index contributed by atoms with van der Waals surface area (Å²) in [5.41, 5.74) is 0. The van der Waals surface area contributed by atoms with Crippen LogP contribution in [-0.2, 0) is 9.59 Å². The number of Topliss-reactive ketones (excluding diaryl/α,β-unsaturated/α-hetero) is 1. The second-order valence-corrected chi connectivity index (χ2v) is 4.21. The SMILES string of the molecule is C.O=CCCCCC(=O)C1CCCCC1. The van der Waals surface area contributed by atoms with Crippen molar-refractivity contribution >= 4 is 12.1 Å². The Labute approximate surface area is 93.4 Å². The molecule has 1 fully saturated rings. The minimum absolute atomic E-state index is 0. The Morgan fingerprint density at radius 2 is 1.80 bits per heavy atom. The van der Waals surface area contributed by atoms with Crippen molar-refractivity contribution in [2.24, 2.45) is 5.92 Å². The van der Waals surface area contributed by atoms with Gasteiger partial charge in [-0.15, -0.1) is 0 Å². The van der Waals surface area contributed by atoms with Crippen LogP contribution in [-0.4, -0.2) is 12.1 Å². The topological polar surface area (TPSA) is 34.1 Å². The lowest BCUT2D eigenvalue weighted by molar-refractivity contribution is -0.124. The molecule has 2 nitrogen and oxygen atoms in total. The summed E-state index contributed by atoms with van der Waals surface area (Å²) in [6.45, 7) is 0. The van der Waals surface area contributed by atoms with Gasteiger partial charge in [0.05, 0.1) is 0 Å². The van der Waals surface area contributed by atoms with Crippen LogP contribution in [0.15, 0.2) is 0 Å². The molecular formula is C13H24O2. The fourth-order valence-corrected chi connectivity index (χ4v) is 2.16. The van der Waals surface area contributed by atoms with Crippen molar-refractivity contribution in [1.82, 2.24) is 0 Å². The monoisotopic (exact) mass is 212 g/mol. The normalized spacial score (nSPS) is 16.8. The van der Waals surface area contributed by atoms with Gasteiger partial charge in [0.1, 0.15) is 12.1 Å². The predicted octanol–water partition coefficient (Wildman–Crippen LogP) is 3.53. The van der Waals surface area contributed by atoms with E-state index in [4.69, 9.17) is 0 Å². The number of aldehydes is 1. The van der Waals surface area contributed by atoms with E-state index in [9.17, 15) is 9.59 Å². The van der Waals surface area contributed by atoms with Crippen molar-refractivity contribution in [3.63, 3.8) is 0 Å². The molecule has 0 heterocycles. The van der Waals surface area contributed by atoms with E-state index in [1.807, 2.05) is 0 Å². The summed E-state index contributed by atoms with van der Waals surface area (Å²) in [6.07, 6.45) is 9.97. The van der Waals surface area contributed by atoms with Crippen LogP contribution < -0.4 is 0 Å². The molecule has 1 saturated carbocycles. The van der Waals surface area contributed by atoms with Gasteiger partial charge in [-0.05, 0) is 25.7 Å². The van der Waals surface area contributed by atoms with Gasteiger partial charge in [-0.1, -0.05) is 26.7 Å². The number of hydrogen-bond donors (Lipinski definition) is 0. The third kappa shape index (κ3) is 5.71. The molecule has 0 spiro atoms. The molecule has 0 aromatic carbocycles. The number of rotatable bonds is 6. The van der Waals surface area contributed by atoms with Gasteiger partial charge in [0.2, 0.25) is 0 Å². The molecule has 2 heteroatoms. The van der Waals surface area contributed by atoms with Crippen molar-refractivity contribution in [3.05, 3.63) is 0 Å². The molecule has 0 bridgehead atoms. The zero-order chi connectivity index (χ0) is 10.2. The summed E-state index contributed by atoms with van der Waals surface area (Å²) in [5.74, 6) is 0.788. The molecule has 0 aliphatic heterocycles. The third-order valence-electron chi connectivity index (χ3n) is 3.06. The molecule has 15 heavy (non-hydrogen) atoms. The summed E-state index contributed by atoms with van der Waals surface area (Å²) in [5, 5.41) is 0. The minimum atomic E-state index is 0. The van der Waals surface area contributed by atoms with Crippen molar-refractivity contribution in [2.45, 2.75) is 65.2 Å². The Kier molecular flexibility index (Phi) is 8.25. The standard InChI is InChI=1S/C12H20O2.CH4/c13-10-6-2-5-9-12(14)11-7-3-1-4-8-11;/h10-11H,1-9H2;1H4. The second kappa shape index (κ2) is 8.63. The van der Waals surface area contributed by atoms with Gasteiger partial charge in [0, 0.05) is 18.8 Å². The summed E-state index contributed by atoms with van der Waals surface area (Å²) in [4.78, 5) is 21.7. The smallest absolute Gasteiger partial charge is 0.135 e. The maximum absolute atomic E-state index is 11.7. The predicted molar refractivity (Wildman–Crippen MR) is 62.8 cm³/mol. The molecular weight excluding hydrogens is 188 g/mol. The van der Waals surface area contributed by atoms with Gasteiger partial charge < -0.3 is 4.79 Å². The van der Waals surface area contributed by atoms with E-state index in [-0.39, 0.29) is 7.43 Å². The molecule has 0 amide bonds. The van der Waals surface area contributed by atoms with Crippen molar-refractivity contribution < 1.29 is 9.59 Å². The van der Waals surface area contributed by atoms with Crippen LogP contribution in [0.5, 0.6) is 0 Å². The highest BCUT2D eigenvalue weighted by Gasteiger charge is 2.19. The van der Waals surface area contributed by atoms with Crippen molar-refractivity contribution in [1.29, 1.82) is 0 Å². The highest BCUT2D eigenvalue weighted by molar-refractivity contribution is 5.81. The van der Waals surface area contributed by atoms with Crippen LogP contribution in [0.25, 0.3) is 0 Å². The molecule has 1 rings (SSSR count). The Morgan fingerprint density at radius 1 is 1.13 bits per heavy atom. The minimum Gasteiger partial charge on any atom is -0.303 e. The first kappa shape index (κ1) is 14.3. The van der Waals surface area contributed by atoms with Gasteiger partial charge in [-0.25, -0.2) is 0 Å². The summed E-state index contributed by atoms with van der Waals surface area (Å²) < 4.78 is 0. The van der Waals surface area contributed by atoms with E-state index in [0.29, 0.717) is 24.5 Å². The van der Waals surface area contributed by atoms with Gasteiger partial charge >= 0.3 is 0 Å². The zero-order valence-corrected chi connectivity index (χ0v) is 8.84. The van der Waals surface area contributed by atoms with E-state index >= 15 is 0 Å². The summed E-state index contributed by atoms with van der Waals surface area (Å²) in [6, 6.07) is 0. The molecule has 88 valence electrons. The average molecular weight is 212 g/mol. The number of carbonyl (C=O) groups excluding carboxylic acids is 2. The lowest BCUT2D eigenvalue weighted by Crippen LogP contribution is -2.17. The summed E-state index contributed by atoms with van der Waals surface area (Å²) >= 11 is 0. The van der Waals surface area contributed by atoms with Crippen LogP contribution in [0.3, 0.4) is 0 Å². The quantitative estimate of drug-likeness (QED) is 0.498. The first-order chi connectivity index (χ1) is 6.84. The second-order valence-electron chi connectivity index (χ2n) is 4.21. The van der Waals surface area contributed by atoms with Crippen LogP contribution in [0.1, 0.15) is 65.2 Å². The van der Waals surface area contributed by atoms with Crippen LogP contribution in [0, 0.1) is 5.92 Å². The Hall–Kier alpha value is -0.660. The van der Waals surface area contributed by atoms with Crippen LogP contribution >= 0.6 is 0 Å². The molecule has 1 aliphatic carbocycles. The highest BCUT2D eigenvalue weighted by Crippen LogP contribution is 2.25. The third-order valence-corrected chi connectivity index (χ3v) is 3.06. The number of ketones is 1. The number of hydrogen-bond acceptors (Lipinski definition) is 2. The Balaban J connectivity index is 0.00000196. The maximum Gasteiger partial charge on any atom is 0.135 e. The lowest BCUT2D eigenvalue weighted by atomic mass is 9.84. The molecule has 1 aliphatic rings. The van der Waals surface area contributed by atoms with E-state index < -0.39 is 0 Å². The fourth-order valence-electron chi connectivity index (χ4n) is 2.16. The average Bonchev–Trinajstić information content (AvgIpc) is 2.25. The molecule has 0 saturated heterocycles. The van der Waals surface area contributed by atoms with E-state index in [2.05, 4.69) is 0 Å². The highest BCUT2D eigenvalue weighted by atomic mass is 16.1. The lowest BCUT2D eigenvalue weighted by Gasteiger charge is -2.19. The first-order valence-electron chi connectivity index (χ1n) is 5.81. The van der Waals surface area contributed by atoms with Gasteiger partial charge in [0.25, 0.3) is 0 Å². The molecule has 0 N–H and O–H groups in total. The largest absolute Gasteiger partial charge is 0.303 e. The van der Waals surface area contributed by atoms with Gasteiger partial charge in [0.15, 0.2) is 0 Å². The molecule has 0 aromatic heterocycles. The molecule has 0 aromatic rings. The number of carbonyl (C=O) groups is 2. The van der Waals surface area contributed by atoms with E-state index in [1.54, 1.807) is 0 Å². The molecule has 0 radical (unpaired) electrons. The Bertz CT molecular complexity index is 181. The van der Waals surface area contributed by atoms with Crippen molar-refractivity contribution in [3.8, 4) is 0 Å². The number of unbranched alkanes of at least 4 members (excludes halogenated alkanes) is 2.